The maximum absolute atomic E-state index is 14.3. The van der Waals surface area contributed by atoms with E-state index in [4.69, 9.17) is 11.6 Å². The number of hydrogen-bond donors (Lipinski definition) is 2. The largest absolute Gasteiger partial charge is 0.504 e. The number of amides is 2. The Morgan fingerprint density at radius 2 is 1.74 bits per heavy atom. The number of alkyl halides is 3. The zero-order valence-electron chi connectivity index (χ0n) is 31.0. The lowest BCUT2D eigenvalue weighted by Crippen LogP contribution is -2.56. The highest BCUT2D eigenvalue weighted by molar-refractivity contribution is 6.33. The van der Waals surface area contributed by atoms with Crippen LogP contribution in [-0.4, -0.2) is 86.1 Å². The van der Waals surface area contributed by atoms with Gasteiger partial charge in [0.05, 0.1) is 28.2 Å². The summed E-state index contributed by atoms with van der Waals surface area (Å²) in [5.74, 6) is -0.962. The molecule has 1 aliphatic carbocycles. The molecule has 1 unspecified atom stereocenters. The van der Waals surface area contributed by atoms with Crippen LogP contribution in [0, 0.1) is 6.92 Å². The summed E-state index contributed by atoms with van der Waals surface area (Å²) in [4.78, 5) is 63.4. The maximum atomic E-state index is 14.3. The second kappa shape index (κ2) is 17.0. The fraction of sp³-hybridized carbons (Fsp3) is 0.486. The first-order chi connectivity index (χ1) is 25.7. The number of carbonyl (C=O) groups is 2. The molecule has 2 N–H and O–H groups in total. The van der Waals surface area contributed by atoms with Crippen LogP contribution in [0.4, 0.5) is 30.4 Å². The number of halogens is 4. The molecule has 2 fully saturated rings. The van der Waals surface area contributed by atoms with Crippen LogP contribution >= 0.6 is 11.6 Å². The number of hydrogen-bond acceptors (Lipinski definition) is 10. The maximum Gasteiger partial charge on any atom is 0.416 e. The van der Waals surface area contributed by atoms with Crippen molar-refractivity contribution in [2.45, 2.75) is 84.5 Å². The summed E-state index contributed by atoms with van der Waals surface area (Å²) >= 11 is 6.11. The van der Waals surface area contributed by atoms with E-state index in [-0.39, 0.29) is 71.2 Å². The number of anilines is 3. The third-order valence-electron chi connectivity index (χ3n) is 9.68. The van der Waals surface area contributed by atoms with Gasteiger partial charge in [0.2, 0.25) is 11.3 Å². The molecule has 3 aromatic heterocycles. The number of aromatic nitrogens is 5. The first-order valence-corrected chi connectivity index (χ1v) is 18.4. The smallest absolute Gasteiger partial charge is 0.416 e. The van der Waals surface area contributed by atoms with Gasteiger partial charge in [-0.25, -0.2) is 19.9 Å². The van der Waals surface area contributed by atoms with Gasteiger partial charge in [0.25, 0.3) is 5.91 Å². The predicted octanol–water partition coefficient (Wildman–Crippen LogP) is 6.23. The number of aryl methyl sites for hydroxylation is 1. The molecule has 1 saturated heterocycles. The van der Waals surface area contributed by atoms with Gasteiger partial charge in [-0.3, -0.25) is 14.4 Å². The summed E-state index contributed by atoms with van der Waals surface area (Å²) in [5.41, 5.74) is -0.229. The van der Waals surface area contributed by atoms with Gasteiger partial charge in [-0.1, -0.05) is 57.6 Å². The molecule has 0 spiro atoms. The summed E-state index contributed by atoms with van der Waals surface area (Å²) in [6, 6.07) is 2.30. The fourth-order valence-corrected chi connectivity index (χ4v) is 6.96. The average Bonchev–Trinajstić information content (AvgIpc) is 3.74. The molecule has 0 radical (unpaired) electrons. The Hall–Kier alpha value is -4.99. The van der Waals surface area contributed by atoms with Crippen LogP contribution in [0.5, 0.6) is 5.75 Å². The van der Waals surface area contributed by atoms with Gasteiger partial charge in [-0.2, -0.15) is 13.2 Å². The number of pyridine rings is 1. The van der Waals surface area contributed by atoms with E-state index >= 15 is 0 Å². The molecule has 2 amide bonds. The molecule has 1 aromatic carbocycles. The van der Waals surface area contributed by atoms with Gasteiger partial charge in [0, 0.05) is 45.5 Å². The van der Waals surface area contributed by atoms with Crippen LogP contribution in [0.3, 0.4) is 0 Å². The summed E-state index contributed by atoms with van der Waals surface area (Å²) in [6.07, 6.45) is 6.42. The number of carbonyl (C=O) groups excluding carboxylic acids is 2. The Morgan fingerprint density at radius 1 is 1.06 bits per heavy atom. The van der Waals surface area contributed by atoms with Gasteiger partial charge >= 0.3 is 6.18 Å². The van der Waals surface area contributed by atoms with Crippen molar-refractivity contribution in [3.05, 3.63) is 68.6 Å². The van der Waals surface area contributed by atoms with Crippen molar-refractivity contribution in [3.8, 4) is 5.75 Å². The van der Waals surface area contributed by atoms with Gasteiger partial charge in [-0.05, 0) is 38.0 Å². The van der Waals surface area contributed by atoms with E-state index in [1.165, 1.54) is 44.6 Å². The lowest BCUT2D eigenvalue weighted by molar-refractivity contribution is -0.137. The number of fused-ring (bicyclic) bond motifs is 1. The first kappa shape index (κ1) is 40.2. The molecule has 1 saturated carbocycles. The number of nitrogens with zero attached hydrogens (tertiary/aromatic N) is 8. The Kier molecular flexibility index (Phi) is 12.7. The standard InChI is InChI=1S/C32H35ClF3N9O4.C5H10/c1-6-19-14-43(31(49)26-28(47)17(3)38-16-39-26)10-11-44(19)27-22(7-2)45(30-25(29(27)48)41-23(13-37-30)42(4)5)15-24(46)40-21-9-8-18(12-20(21)33)32(34,35)36;1-2-4-5-3-1/h8-9,12-13,16,19,47H,6-7,10-11,14-15H2,1-5H3,(H,40,46);1-5H2. The number of benzene rings is 1. The number of rotatable bonds is 8. The SMILES string of the molecule is C1CCCC1.CCc1c(N2CCN(C(=O)c3ncnc(C)c3O)CC2CC)c(=O)c2nc(N(C)C)cnc2n1CC(=O)Nc1ccc(C(F)(F)F)cc1Cl. The van der Waals surface area contributed by atoms with Crippen molar-refractivity contribution in [2.24, 2.45) is 0 Å². The lowest BCUT2D eigenvalue weighted by Gasteiger charge is -2.43. The van der Waals surface area contributed by atoms with Gasteiger partial charge in [-0.15, -0.1) is 0 Å². The van der Waals surface area contributed by atoms with Gasteiger partial charge < -0.3 is 29.7 Å². The van der Waals surface area contributed by atoms with Crippen molar-refractivity contribution in [2.75, 3.05) is 48.8 Å². The van der Waals surface area contributed by atoms with Crippen molar-refractivity contribution >= 4 is 51.8 Å². The van der Waals surface area contributed by atoms with E-state index in [1.54, 1.807) is 35.4 Å². The van der Waals surface area contributed by atoms with Crippen molar-refractivity contribution < 1.29 is 27.9 Å². The zero-order chi connectivity index (χ0) is 39.3. The summed E-state index contributed by atoms with van der Waals surface area (Å²) < 4.78 is 41.1. The topological polar surface area (TPSA) is 150 Å². The molecule has 54 heavy (non-hydrogen) atoms. The summed E-state index contributed by atoms with van der Waals surface area (Å²) in [6.45, 7) is 5.63. The molecule has 1 aliphatic heterocycles. The minimum Gasteiger partial charge on any atom is -0.504 e. The van der Waals surface area contributed by atoms with E-state index in [1.807, 2.05) is 18.7 Å². The molecule has 0 bridgehead atoms. The first-order valence-electron chi connectivity index (χ1n) is 18.0. The highest BCUT2D eigenvalue weighted by Gasteiger charge is 2.35. The average molecular weight is 772 g/mol. The normalized spacial score (nSPS) is 15.9. The van der Waals surface area contributed by atoms with Crippen LogP contribution in [0.25, 0.3) is 11.2 Å². The van der Waals surface area contributed by atoms with E-state index < -0.39 is 29.0 Å². The third-order valence-corrected chi connectivity index (χ3v) is 9.99. The van der Waals surface area contributed by atoms with E-state index in [0.29, 0.717) is 30.0 Å². The molecule has 4 heterocycles. The Morgan fingerprint density at radius 3 is 2.33 bits per heavy atom. The molecule has 290 valence electrons. The van der Waals surface area contributed by atoms with Crippen LogP contribution in [0.2, 0.25) is 5.02 Å². The highest BCUT2D eigenvalue weighted by Crippen LogP contribution is 2.34. The monoisotopic (exact) mass is 771 g/mol. The predicted molar refractivity (Wildman–Crippen MR) is 201 cm³/mol. The van der Waals surface area contributed by atoms with Crippen LogP contribution in [0.15, 0.2) is 35.5 Å². The van der Waals surface area contributed by atoms with E-state index in [0.717, 1.165) is 18.2 Å². The highest BCUT2D eigenvalue weighted by atomic mass is 35.5. The quantitative estimate of drug-likeness (QED) is 0.211. The number of aromatic hydroxyl groups is 1. The van der Waals surface area contributed by atoms with Crippen LogP contribution in [-0.2, 0) is 23.9 Å². The zero-order valence-corrected chi connectivity index (χ0v) is 31.8. The van der Waals surface area contributed by atoms with Crippen molar-refractivity contribution in [1.82, 2.24) is 29.4 Å². The van der Waals surface area contributed by atoms with E-state index in [2.05, 4.69) is 25.3 Å². The number of piperazine rings is 1. The van der Waals surface area contributed by atoms with Gasteiger partial charge in [0.15, 0.2) is 22.6 Å². The second-order valence-corrected chi connectivity index (χ2v) is 13.9. The fourth-order valence-electron chi connectivity index (χ4n) is 6.73. The second-order valence-electron chi connectivity index (χ2n) is 13.5. The van der Waals surface area contributed by atoms with Crippen molar-refractivity contribution in [1.29, 1.82) is 0 Å². The third kappa shape index (κ3) is 8.69. The van der Waals surface area contributed by atoms with Gasteiger partial charge in [0.1, 0.15) is 24.4 Å². The molecular formula is C37H45ClF3N9O4. The Bertz CT molecular complexity index is 2060. The summed E-state index contributed by atoms with van der Waals surface area (Å²) in [5, 5.41) is 12.7. The lowest BCUT2D eigenvalue weighted by atomic mass is 10.0. The van der Waals surface area contributed by atoms with Crippen LogP contribution in [0.1, 0.15) is 79.8 Å². The Balaban J connectivity index is 0.00000103. The van der Waals surface area contributed by atoms with Crippen LogP contribution < -0.4 is 20.5 Å². The molecule has 17 heteroatoms. The Labute approximate surface area is 316 Å². The molecule has 4 aromatic rings. The molecule has 6 rings (SSSR count). The molecule has 1 atom stereocenters. The molecule has 2 aliphatic rings. The molecular weight excluding hydrogens is 727 g/mol. The minimum atomic E-state index is -4.61. The summed E-state index contributed by atoms with van der Waals surface area (Å²) in [7, 11) is 3.49. The van der Waals surface area contributed by atoms with E-state index in [9.17, 15) is 32.7 Å². The number of nitrogens with one attached hydrogen (secondary N) is 1. The molecule has 13 nitrogen and oxygen atoms in total. The van der Waals surface area contributed by atoms with Crippen molar-refractivity contribution in [3.63, 3.8) is 0 Å². The minimum absolute atomic E-state index is 0.0129.